The SMILES string of the molecule is COc1ccc(-c2cc(=O)[nH]c(C(F)(F)F)n2)cc1. The van der Waals surface area contributed by atoms with E-state index in [1.54, 1.807) is 17.1 Å². The molecule has 1 aromatic carbocycles. The summed E-state index contributed by atoms with van der Waals surface area (Å²) < 4.78 is 42.5. The van der Waals surface area contributed by atoms with Gasteiger partial charge in [-0.15, -0.1) is 0 Å². The molecule has 0 amide bonds. The average molecular weight is 270 g/mol. The number of benzene rings is 1. The second kappa shape index (κ2) is 4.75. The van der Waals surface area contributed by atoms with Gasteiger partial charge in [0.25, 0.3) is 5.56 Å². The smallest absolute Gasteiger partial charge is 0.449 e. The van der Waals surface area contributed by atoms with Crippen LogP contribution in [0, 0.1) is 0 Å². The van der Waals surface area contributed by atoms with Crippen molar-refractivity contribution in [3.05, 3.63) is 46.5 Å². The molecule has 0 atom stereocenters. The zero-order valence-corrected chi connectivity index (χ0v) is 9.78. The third kappa shape index (κ3) is 2.93. The molecule has 100 valence electrons. The molecule has 1 aromatic heterocycles. The van der Waals surface area contributed by atoms with Crippen LogP contribution in [0.15, 0.2) is 35.1 Å². The Bertz CT molecular complexity index is 633. The summed E-state index contributed by atoms with van der Waals surface area (Å²) in [4.78, 5) is 16.3. The van der Waals surface area contributed by atoms with Crippen molar-refractivity contribution in [1.82, 2.24) is 9.97 Å². The van der Waals surface area contributed by atoms with Crippen LogP contribution in [0.5, 0.6) is 5.75 Å². The molecule has 0 aliphatic heterocycles. The van der Waals surface area contributed by atoms with Crippen LogP contribution < -0.4 is 10.3 Å². The van der Waals surface area contributed by atoms with Crippen molar-refractivity contribution in [2.75, 3.05) is 7.11 Å². The van der Waals surface area contributed by atoms with Crippen molar-refractivity contribution < 1.29 is 17.9 Å². The Kier molecular flexibility index (Phi) is 3.28. The second-order valence-corrected chi connectivity index (χ2v) is 3.71. The first-order valence-electron chi connectivity index (χ1n) is 5.23. The molecule has 0 saturated heterocycles. The standard InChI is InChI=1S/C12H9F3N2O2/c1-19-8-4-2-7(3-5-8)9-6-10(18)17-11(16-9)12(13,14)15/h2-6H,1H3,(H,16,17,18). The Hall–Kier alpha value is -2.31. The second-order valence-electron chi connectivity index (χ2n) is 3.71. The van der Waals surface area contributed by atoms with Crippen molar-refractivity contribution in [2.45, 2.75) is 6.18 Å². The molecule has 0 aliphatic rings. The van der Waals surface area contributed by atoms with Crippen molar-refractivity contribution >= 4 is 0 Å². The molecule has 7 heteroatoms. The summed E-state index contributed by atoms with van der Waals surface area (Å²) in [6, 6.07) is 7.22. The van der Waals surface area contributed by atoms with Crippen LogP contribution >= 0.6 is 0 Å². The molecule has 1 heterocycles. The minimum Gasteiger partial charge on any atom is -0.497 e. The number of hydrogen-bond donors (Lipinski definition) is 1. The fraction of sp³-hybridized carbons (Fsp3) is 0.167. The van der Waals surface area contributed by atoms with Gasteiger partial charge in [-0.3, -0.25) is 4.79 Å². The van der Waals surface area contributed by atoms with Gasteiger partial charge >= 0.3 is 6.18 Å². The minimum absolute atomic E-state index is 0.0428. The lowest BCUT2D eigenvalue weighted by atomic mass is 10.1. The lowest BCUT2D eigenvalue weighted by molar-refractivity contribution is -0.145. The monoisotopic (exact) mass is 270 g/mol. The molecular weight excluding hydrogens is 261 g/mol. The van der Waals surface area contributed by atoms with E-state index in [0.717, 1.165) is 6.07 Å². The van der Waals surface area contributed by atoms with Gasteiger partial charge in [0, 0.05) is 11.6 Å². The maximum Gasteiger partial charge on any atom is 0.449 e. The van der Waals surface area contributed by atoms with E-state index in [-0.39, 0.29) is 5.69 Å². The number of rotatable bonds is 2. The lowest BCUT2D eigenvalue weighted by Gasteiger charge is -2.07. The quantitative estimate of drug-likeness (QED) is 0.912. The Morgan fingerprint density at radius 1 is 1.21 bits per heavy atom. The van der Waals surface area contributed by atoms with Crippen molar-refractivity contribution in [3.63, 3.8) is 0 Å². The zero-order chi connectivity index (χ0) is 14.0. The summed E-state index contributed by atoms with van der Waals surface area (Å²) in [6.45, 7) is 0. The topological polar surface area (TPSA) is 55.0 Å². The van der Waals surface area contributed by atoms with Crippen LogP contribution in [0.2, 0.25) is 0 Å². The molecule has 0 unspecified atom stereocenters. The van der Waals surface area contributed by atoms with Gasteiger partial charge in [-0.25, -0.2) is 4.98 Å². The molecule has 0 aliphatic carbocycles. The summed E-state index contributed by atoms with van der Waals surface area (Å²) in [5.74, 6) is -0.754. The predicted octanol–water partition coefficient (Wildman–Crippen LogP) is 2.46. The van der Waals surface area contributed by atoms with E-state index < -0.39 is 17.6 Å². The Morgan fingerprint density at radius 2 is 1.84 bits per heavy atom. The van der Waals surface area contributed by atoms with Gasteiger partial charge in [0.15, 0.2) is 0 Å². The van der Waals surface area contributed by atoms with Crippen LogP contribution in [0.1, 0.15) is 5.82 Å². The highest BCUT2D eigenvalue weighted by Gasteiger charge is 2.34. The zero-order valence-electron chi connectivity index (χ0n) is 9.78. The number of nitrogens with zero attached hydrogens (tertiary/aromatic N) is 1. The van der Waals surface area contributed by atoms with Crippen molar-refractivity contribution in [1.29, 1.82) is 0 Å². The van der Waals surface area contributed by atoms with Crippen LogP contribution in [-0.2, 0) is 6.18 Å². The molecule has 0 fully saturated rings. The number of methoxy groups -OCH3 is 1. The molecule has 0 radical (unpaired) electrons. The first-order chi connectivity index (χ1) is 8.90. The first kappa shape index (κ1) is 13.1. The van der Waals surface area contributed by atoms with Crippen molar-refractivity contribution in [3.8, 4) is 17.0 Å². The normalized spacial score (nSPS) is 11.4. The summed E-state index contributed by atoms with van der Waals surface area (Å²) >= 11 is 0. The fourth-order valence-corrected chi connectivity index (χ4v) is 1.50. The summed E-state index contributed by atoms with van der Waals surface area (Å²) in [7, 11) is 1.47. The number of ether oxygens (including phenoxy) is 1. The Balaban J connectivity index is 2.49. The lowest BCUT2D eigenvalue weighted by Crippen LogP contribution is -2.18. The number of nitrogens with one attached hydrogen (secondary N) is 1. The van der Waals surface area contributed by atoms with Gasteiger partial charge in [-0.05, 0) is 24.3 Å². The molecule has 2 rings (SSSR count). The summed E-state index contributed by atoms with van der Waals surface area (Å²) in [5, 5.41) is 0. The van der Waals surface area contributed by atoms with Crippen LogP contribution in [0.3, 0.4) is 0 Å². The fourth-order valence-electron chi connectivity index (χ4n) is 1.50. The average Bonchev–Trinajstić information content (AvgIpc) is 2.37. The van der Waals surface area contributed by atoms with Crippen LogP contribution in [0.25, 0.3) is 11.3 Å². The van der Waals surface area contributed by atoms with Gasteiger partial charge < -0.3 is 9.72 Å². The predicted molar refractivity (Wildman–Crippen MR) is 61.8 cm³/mol. The molecule has 19 heavy (non-hydrogen) atoms. The highest BCUT2D eigenvalue weighted by atomic mass is 19.4. The van der Waals surface area contributed by atoms with Gasteiger partial charge in [0.2, 0.25) is 5.82 Å². The Morgan fingerprint density at radius 3 is 2.37 bits per heavy atom. The molecular formula is C12H9F3N2O2. The molecule has 2 aromatic rings. The summed E-state index contributed by atoms with van der Waals surface area (Å²) in [6.07, 6.45) is -4.69. The highest BCUT2D eigenvalue weighted by Crippen LogP contribution is 2.27. The van der Waals surface area contributed by atoms with Gasteiger partial charge in [-0.2, -0.15) is 13.2 Å². The van der Waals surface area contributed by atoms with E-state index in [1.807, 2.05) is 0 Å². The maximum atomic E-state index is 12.5. The maximum absolute atomic E-state index is 12.5. The third-order valence-corrected chi connectivity index (χ3v) is 2.40. The molecule has 4 nitrogen and oxygen atoms in total. The number of hydrogen-bond acceptors (Lipinski definition) is 3. The number of aromatic amines is 1. The number of H-pyrrole nitrogens is 1. The number of aromatic nitrogens is 2. The first-order valence-corrected chi connectivity index (χ1v) is 5.23. The number of alkyl halides is 3. The molecule has 1 N–H and O–H groups in total. The minimum atomic E-state index is -4.69. The third-order valence-electron chi connectivity index (χ3n) is 2.40. The van der Waals surface area contributed by atoms with Crippen LogP contribution in [-0.4, -0.2) is 17.1 Å². The van der Waals surface area contributed by atoms with E-state index in [1.165, 1.54) is 19.2 Å². The Labute approximate surface area is 105 Å². The van der Waals surface area contributed by atoms with E-state index in [0.29, 0.717) is 11.3 Å². The van der Waals surface area contributed by atoms with E-state index >= 15 is 0 Å². The number of halogens is 3. The van der Waals surface area contributed by atoms with E-state index in [2.05, 4.69) is 4.98 Å². The van der Waals surface area contributed by atoms with E-state index in [9.17, 15) is 18.0 Å². The largest absolute Gasteiger partial charge is 0.497 e. The molecule has 0 saturated carbocycles. The summed E-state index contributed by atoms with van der Waals surface area (Å²) in [5.41, 5.74) is -0.496. The van der Waals surface area contributed by atoms with Gasteiger partial charge in [0.05, 0.1) is 12.8 Å². The van der Waals surface area contributed by atoms with Gasteiger partial charge in [-0.1, -0.05) is 0 Å². The van der Waals surface area contributed by atoms with Crippen molar-refractivity contribution in [2.24, 2.45) is 0 Å². The highest BCUT2D eigenvalue weighted by molar-refractivity contribution is 5.59. The molecule has 0 spiro atoms. The van der Waals surface area contributed by atoms with E-state index in [4.69, 9.17) is 4.74 Å². The molecule has 0 bridgehead atoms. The van der Waals surface area contributed by atoms with Crippen LogP contribution in [0.4, 0.5) is 13.2 Å². The van der Waals surface area contributed by atoms with Gasteiger partial charge in [0.1, 0.15) is 5.75 Å².